The Kier molecular flexibility index (Phi) is 16.4. The highest BCUT2D eigenvalue weighted by molar-refractivity contribution is 5.69. The van der Waals surface area contributed by atoms with Gasteiger partial charge < -0.3 is 14.2 Å². The minimum atomic E-state index is -0.785. The molecule has 2 fully saturated rings. The number of unbranched alkanes of at least 4 members (excludes halogenated alkanes) is 14. The average molecular weight is 595 g/mol. The molecule has 6 nitrogen and oxygen atoms in total. The summed E-state index contributed by atoms with van der Waals surface area (Å²) >= 11 is 0. The van der Waals surface area contributed by atoms with E-state index < -0.39 is 16.9 Å². The molecule has 2 heterocycles. The van der Waals surface area contributed by atoms with Crippen LogP contribution < -0.4 is 0 Å². The number of hydroxylamine groups is 2. The molecule has 2 aliphatic rings. The van der Waals surface area contributed by atoms with Crippen molar-refractivity contribution >= 4 is 5.97 Å². The second-order valence-electron chi connectivity index (χ2n) is 14.4. The van der Waals surface area contributed by atoms with Gasteiger partial charge >= 0.3 is 5.97 Å². The van der Waals surface area contributed by atoms with Crippen LogP contribution >= 0.6 is 0 Å². The Labute approximate surface area is 260 Å². The van der Waals surface area contributed by atoms with Crippen molar-refractivity contribution in [3.63, 3.8) is 0 Å². The van der Waals surface area contributed by atoms with Gasteiger partial charge in [-0.2, -0.15) is 0 Å². The van der Waals surface area contributed by atoms with Crippen molar-refractivity contribution in [2.75, 3.05) is 19.8 Å². The molecule has 1 spiro atoms. The Balaban J connectivity index is 1.63. The molecule has 3 unspecified atom stereocenters. The van der Waals surface area contributed by atoms with Gasteiger partial charge in [0.25, 0.3) is 0 Å². The smallest absolute Gasteiger partial charge is 0.305 e. The molecule has 0 aromatic rings. The molecule has 0 aromatic heterocycles. The number of piperidine rings is 1. The highest BCUT2D eigenvalue weighted by atomic mass is 16.7. The summed E-state index contributed by atoms with van der Waals surface area (Å²) < 4.78 is 19.0. The van der Waals surface area contributed by atoms with Crippen LogP contribution in [0.15, 0.2) is 0 Å². The zero-order valence-electron chi connectivity index (χ0n) is 28.8. The summed E-state index contributed by atoms with van der Waals surface area (Å²) in [7, 11) is 0. The lowest BCUT2D eigenvalue weighted by atomic mass is 9.67. The summed E-state index contributed by atoms with van der Waals surface area (Å²) in [5.74, 6) is -0.968. The van der Waals surface area contributed by atoms with E-state index in [0.29, 0.717) is 32.7 Å². The molecule has 0 aromatic carbocycles. The van der Waals surface area contributed by atoms with E-state index in [9.17, 15) is 10.0 Å². The molecule has 0 amide bonds. The van der Waals surface area contributed by atoms with Crippen LogP contribution in [0.4, 0.5) is 0 Å². The summed E-state index contributed by atoms with van der Waals surface area (Å²) in [6.07, 6.45) is 23.1. The maximum Gasteiger partial charge on any atom is 0.305 e. The topological polar surface area (TPSA) is 67.9 Å². The van der Waals surface area contributed by atoms with Gasteiger partial charge in [-0.15, -0.1) is 10.3 Å². The van der Waals surface area contributed by atoms with E-state index in [1.807, 2.05) is 13.8 Å². The lowest BCUT2D eigenvalue weighted by Crippen LogP contribution is -2.73. The van der Waals surface area contributed by atoms with Crippen LogP contribution in [-0.2, 0) is 24.2 Å². The number of hydrogen-bond donors (Lipinski definition) is 0. The van der Waals surface area contributed by atoms with Gasteiger partial charge in [-0.3, -0.25) is 4.79 Å². The van der Waals surface area contributed by atoms with E-state index in [1.54, 1.807) is 0 Å². The Morgan fingerprint density at radius 3 is 1.64 bits per heavy atom. The van der Waals surface area contributed by atoms with E-state index in [4.69, 9.17) is 14.2 Å². The van der Waals surface area contributed by atoms with Crippen molar-refractivity contribution in [3.8, 4) is 0 Å². The minimum absolute atomic E-state index is 0.0744. The minimum Gasteiger partial charge on any atom is -0.465 e. The first kappa shape index (κ1) is 37.5. The van der Waals surface area contributed by atoms with Crippen molar-refractivity contribution in [2.45, 2.75) is 194 Å². The molecular formula is C36H68NO5. The number of nitrogens with zero attached hydrogens (tertiary/aromatic N) is 1. The van der Waals surface area contributed by atoms with E-state index in [2.05, 4.69) is 34.6 Å². The van der Waals surface area contributed by atoms with Gasteiger partial charge in [-0.1, -0.05) is 125 Å². The quantitative estimate of drug-likeness (QED) is 0.0977. The van der Waals surface area contributed by atoms with Crippen molar-refractivity contribution in [1.82, 2.24) is 5.06 Å². The zero-order chi connectivity index (χ0) is 31.1. The molecule has 42 heavy (non-hydrogen) atoms. The van der Waals surface area contributed by atoms with Crippen LogP contribution in [0.2, 0.25) is 0 Å². The van der Waals surface area contributed by atoms with Gasteiger partial charge in [0.1, 0.15) is 6.61 Å². The van der Waals surface area contributed by atoms with Gasteiger partial charge in [0.05, 0.1) is 29.7 Å². The molecule has 1 radical (unpaired) electrons. The van der Waals surface area contributed by atoms with Gasteiger partial charge in [0.15, 0.2) is 5.79 Å². The average Bonchev–Trinajstić information content (AvgIpc) is 3.01. The van der Waals surface area contributed by atoms with Crippen molar-refractivity contribution < 1.29 is 24.2 Å². The third kappa shape index (κ3) is 10.2. The molecule has 6 heteroatoms. The van der Waals surface area contributed by atoms with Crippen molar-refractivity contribution in [2.24, 2.45) is 11.3 Å². The molecule has 2 saturated heterocycles. The number of ether oxygens (including phenoxy) is 3. The van der Waals surface area contributed by atoms with Crippen molar-refractivity contribution in [1.29, 1.82) is 0 Å². The van der Waals surface area contributed by atoms with E-state index in [-0.39, 0.29) is 17.3 Å². The molecule has 247 valence electrons. The van der Waals surface area contributed by atoms with Crippen LogP contribution in [0.25, 0.3) is 0 Å². The SMILES string of the molecule is CCCCCCCCCCCCCCCCCC(=O)OCC1(CC)COC2(CC(C)(CC)N([O])C(C)(CC)C2C)OC1. The van der Waals surface area contributed by atoms with Gasteiger partial charge in [0, 0.05) is 18.8 Å². The molecule has 0 saturated carbocycles. The number of carbonyl (C=O) groups excluding carboxylic acids is 1. The standard InChI is InChI=1S/C36H68NO5/c1-8-12-13-14-15-16-17-18-19-20-21-22-23-24-25-26-32(38)40-28-35(11-4)29-41-36(42-30-35)27-33(6,9-2)37(39)34(7,10-3)31(36)5/h31H,8-30H2,1-7H3. The third-order valence-corrected chi connectivity index (χ3v) is 11.2. The Morgan fingerprint density at radius 1 is 0.738 bits per heavy atom. The van der Waals surface area contributed by atoms with E-state index >= 15 is 0 Å². The fraction of sp³-hybridized carbons (Fsp3) is 0.972. The molecule has 0 bridgehead atoms. The first-order valence-corrected chi connectivity index (χ1v) is 18.0. The third-order valence-electron chi connectivity index (χ3n) is 11.2. The summed E-state index contributed by atoms with van der Waals surface area (Å²) in [6.45, 7) is 16.0. The highest BCUT2D eigenvalue weighted by Gasteiger charge is 2.63. The predicted molar refractivity (Wildman–Crippen MR) is 172 cm³/mol. The summed E-state index contributed by atoms with van der Waals surface area (Å²) in [5, 5.41) is 14.7. The maximum absolute atomic E-state index is 13.4. The van der Waals surface area contributed by atoms with Gasteiger partial charge in [-0.05, 0) is 39.5 Å². The van der Waals surface area contributed by atoms with Crippen LogP contribution in [0.1, 0.15) is 177 Å². The fourth-order valence-corrected chi connectivity index (χ4v) is 7.06. The molecule has 2 rings (SSSR count). The lowest BCUT2D eigenvalue weighted by Gasteiger charge is -2.62. The summed E-state index contributed by atoms with van der Waals surface area (Å²) in [4.78, 5) is 12.6. The second kappa shape index (κ2) is 18.3. The number of esters is 1. The second-order valence-corrected chi connectivity index (χ2v) is 14.4. The van der Waals surface area contributed by atoms with E-state index in [1.165, 1.54) is 88.5 Å². The monoisotopic (exact) mass is 595 g/mol. The Morgan fingerprint density at radius 2 is 1.21 bits per heavy atom. The fourth-order valence-electron chi connectivity index (χ4n) is 7.06. The number of hydrogen-bond acceptors (Lipinski definition) is 5. The number of rotatable bonds is 21. The molecule has 0 N–H and O–H groups in total. The molecular weight excluding hydrogens is 526 g/mol. The normalized spacial score (nSPS) is 32.0. The predicted octanol–water partition coefficient (Wildman–Crippen LogP) is 9.96. The first-order chi connectivity index (χ1) is 20.1. The van der Waals surface area contributed by atoms with Gasteiger partial charge in [-0.25, -0.2) is 0 Å². The summed E-state index contributed by atoms with van der Waals surface area (Å²) in [5.41, 5.74) is -1.44. The number of carbonyl (C=O) groups is 1. The van der Waals surface area contributed by atoms with Crippen molar-refractivity contribution in [3.05, 3.63) is 0 Å². The Bertz CT molecular complexity index is 751. The first-order valence-electron chi connectivity index (χ1n) is 18.0. The van der Waals surface area contributed by atoms with Crippen LogP contribution in [0.5, 0.6) is 0 Å². The largest absolute Gasteiger partial charge is 0.465 e. The zero-order valence-corrected chi connectivity index (χ0v) is 28.8. The molecule has 0 aliphatic carbocycles. The van der Waals surface area contributed by atoms with Crippen LogP contribution in [0.3, 0.4) is 0 Å². The summed E-state index contributed by atoms with van der Waals surface area (Å²) in [6, 6.07) is 0. The van der Waals surface area contributed by atoms with Crippen LogP contribution in [0, 0.1) is 11.3 Å². The highest BCUT2D eigenvalue weighted by Crippen LogP contribution is 2.53. The van der Waals surface area contributed by atoms with Crippen LogP contribution in [-0.4, -0.2) is 47.7 Å². The lowest BCUT2D eigenvalue weighted by molar-refractivity contribution is -0.415. The van der Waals surface area contributed by atoms with E-state index in [0.717, 1.165) is 32.1 Å². The molecule has 3 atom stereocenters. The molecule has 2 aliphatic heterocycles. The van der Waals surface area contributed by atoms with Gasteiger partial charge in [0.2, 0.25) is 0 Å². The Hall–Kier alpha value is -0.690. The maximum atomic E-state index is 13.4.